The van der Waals surface area contributed by atoms with Crippen molar-refractivity contribution in [2.24, 2.45) is 5.92 Å². The molecule has 0 aliphatic heterocycles. The molecule has 29 heavy (non-hydrogen) atoms. The SMILES string of the molecule is CCCCCCCC(C)C1(I)c2cc(CC)ccc2-c2ccc(C(C)(C)C)cc21. The van der Waals surface area contributed by atoms with Crippen LogP contribution in [0.1, 0.15) is 102 Å². The molecule has 0 bridgehead atoms. The van der Waals surface area contributed by atoms with Gasteiger partial charge in [-0.25, -0.2) is 0 Å². The van der Waals surface area contributed by atoms with E-state index in [9.17, 15) is 0 Å². The fraction of sp³-hybridized carbons (Fsp3) is 0.571. The molecule has 3 rings (SSSR count). The Bertz CT molecular complexity index is 842. The minimum Gasteiger partial charge on any atom is -0.0680 e. The molecule has 0 radical (unpaired) electrons. The van der Waals surface area contributed by atoms with E-state index in [0.717, 1.165) is 6.42 Å². The van der Waals surface area contributed by atoms with E-state index in [0.29, 0.717) is 5.92 Å². The third kappa shape index (κ3) is 4.45. The van der Waals surface area contributed by atoms with Crippen molar-refractivity contribution in [1.82, 2.24) is 0 Å². The highest BCUT2D eigenvalue weighted by Crippen LogP contribution is 2.58. The molecule has 2 aromatic rings. The van der Waals surface area contributed by atoms with Crippen LogP contribution in [0.3, 0.4) is 0 Å². The van der Waals surface area contributed by atoms with Crippen molar-refractivity contribution in [3.63, 3.8) is 0 Å². The molecule has 0 N–H and O–H groups in total. The van der Waals surface area contributed by atoms with Gasteiger partial charge in [0.1, 0.15) is 0 Å². The highest BCUT2D eigenvalue weighted by molar-refractivity contribution is 14.1. The van der Waals surface area contributed by atoms with Crippen molar-refractivity contribution in [1.29, 1.82) is 0 Å². The molecule has 158 valence electrons. The van der Waals surface area contributed by atoms with Gasteiger partial charge in [0.05, 0.1) is 3.42 Å². The quantitative estimate of drug-likeness (QED) is 0.192. The normalized spacial score (nSPS) is 19.1. The summed E-state index contributed by atoms with van der Waals surface area (Å²) in [6.07, 6.45) is 9.23. The van der Waals surface area contributed by atoms with Gasteiger partial charge in [-0.1, -0.05) is 133 Å². The molecule has 0 heterocycles. The lowest BCUT2D eigenvalue weighted by atomic mass is 9.79. The van der Waals surface area contributed by atoms with Crippen molar-refractivity contribution < 1.29 is 0 Å². The van der Waals surface area contributed by atoms with Crippen LogP contribution in [0.15, 0.2) is 36.4 Å². The Morgan fingerprint density at radius 2 is 1.48 bits per heavy atom. The zero-order valence-corrected chi connectivity index (χ0v) is 21.5. The summed E-state index contributed by atoms with van der Waals surface area (Å²) in [5.41, 5.74) is 9.13. The van der Waals surface area contributed by atoms with Crippen LogP contribution in [-0.2, 0) is 15.3 Å². The third-order valence-corrected chi connectivity index (χ3v) is 9.10. The summed E-state index contributed by atoms with van der Waals surface area (Å²) >= 11 is 2.82. The Morgan fingerprint density at radius 3 is 2.10 bits per heavy atom. The highest BCUT2D eigenvalue weighted by Gasteiger charge is 2.45. The van der Waals surface area contributed by atoms with E-state index in [1.54, 1.807) is 11.1 Å². The summed E-state index contributed by atoms with van der Waals surface area (Å²) in [7, 11) is 0. The van der Waals surface area contributed by atoms with Crippen LogP contribution in [0.25, 0.3) is 11.1 Å². The van der Waals surface area contributed by atoms with Gasteiger partial charge in [-0.2, -0.15) is 0 Å². The summed E-state index contributed by atoms with van der Waals surface area (Å²) in [6.45, 7) is 14.1. The number of fused-ring (bicyclic) bond motifs is 3. The molecule has 0 fully saturated rings. The first-order valence-electron chi connectivity index (χ1n) is 11.7. The van der Waals surface area contributed by atoms with Gasteiger partial charge < -0.3 is 0 Å². The molecule has 2 unspecified atom stereocenters. The monoisotopic (exact) mass is 502 g/mol. The van der Waals surface area contributed by atoms with Crippen LogP contribution < -0.4 is 0 Å². The van der Waals surface area contributed by atoms with E-state index in [2.05, 4.69) is 101 Å². The lowest BCUT2D eigenvalue weighted by molar-refractivity contribution is 0.433. The Labute approximate surface area is 193 Å². The molecule has 0 saturated carbocycles. The maximum Gasteiger partial charge on any atom is 0.0756 e. The summed E-state index contributed by atoms with van der Waals surface area (Å²) in [6, 6.07) is 14.5. The average molecular weight is 503 g/mol. The molecule has 1 aliphatic rings. The van der Waals surface area contributed by atoms with Crippen LogP contribution in [0, 0.1) is 5.92 Å². The Kier molecular flexibility index (Phi) is 7.18. The van der Waals surface area contributed by atoms with Crippen molar-refractivity contribution >= 4 is 22.6 Å². The lowest BCUT2D eigenvalue weighted by Gasteiger charge is -2.34. The third-order valence-electron chi connectivity index (χ3n) is 6.87. The number of rotatable bonds is 8. The fourth-order valence-corrected chi connectivity index (χ4v) is 6.03. The van der Waals surface area contributed by atoms with E-state index in [1.807, 2.05) is 0 Å². The number of unbranched alkanes of at least 4 members (excludes halogenated alkanes) is 4. The van der Waals surface area contributed by atoms with Gasteiger partial charge in [0.2, 0.25) is 0 Å². The number of alkyl halides is 1. The molecule has 0 saturated heterocycles. The number of hydrogen-bond acceptors (Lipinski definition) is 0. The van der Waals surface area contributed by atoms with E-state index < -0.39 is 0 Å². The molecule has 0 nitrogen and oxygen atoms in total. The topological polar surface area (TPSA) is 0 Å². The second kappa shape index (κ2) is 9.12. The number of hydrogen-bond donors (Lipinski definition) is 0. The maximum atomic E-state index is 2.82. The molecule has 2 aromatic carbocycles. The van der Waals surface area contributed by atoms with Crippen LogP contribution in [0.5, 0.6) is 0 Å². The van der Waals surface area contributed by atoms with Crippen molar-refractivity contribution in [2.45, 2.75) is 95.3 Å². The van der Waals surface area contributed by atoms with Crippen LogP contribution in [0.4, 0.5) is 0 Å². The van der Waals surface area contributed by atoms with E-state index in [-0.39, 0.29) is 8.84 Å². The molecule has 0 spiro atoms. The predicted octanol–water partition coefficient (Wildman–Crippen LogP) is 9.20. The van der Waals surface area contributed by atoms with Gasteiger partial charge in [0, 0.05) is 0 Å². The Balaban J connectivity index is 2.02. The second-order valence-electron chi connectivity index (χ2n) is 10.1. The van der Waals surface area contributed by atoms with Crippen LogP contribution in [0.2, 0.25) is 0 Å². The maximum absolute atomic E-state index is 2.82. The van der Waals surface area contributed by atoms with Crippen LogP contribution in [-0.4, -0.2) is 0 Å². The zero-order chi connectivity index (χ0) is 21.2. The van der Waals surface area contributed by atoms with E-state index in [4.69, 9.17) is 0 Å². The van der Waals surface area contributed by atoms with Gasteiger partial charge in [-0.3, -0.25) is 0 Å². The van der Waals surface area contributed by atoms with Gasteiger partial charge >= 0.3 is 0 Å². The molecule has 1 aliphatic carbocycles. The summed E-state index contributed by atoms with van der Waals surface area (Å²) in [5, 5.41) is 0. The van der Waals surface area contributed by atoms with Crippen LogP contribution >= 0.6 is 22.6 Å². The van der Waals surface area contributed by atoms with E-state index in [1.165, 1.54) is 60.8 Å². The number of benzene rings is 2. The van der Waals surface area contributed by atoms with E-state index >= 15 is 0 Å². The lowest BCUT2D eigenvalue weighted by Crippen LogP contribution is -2.27. The largest absolute Gasteiger partial charge is 0.0756 e. The zero-order valence-electron chi connectivity index (χ0n) is 19.4. The van der Waals surface area contributed by atoms with Crippen molar-refractivity contribution in [2.75, 3.05) is 0 Å². The number of halogens is 1. The first kappa shape index (κ1) is 22.8. The Hall–Kier alpha value is -0.830. The Morgan fingerprint density at radius 1 is 0.862 bits per heavy atom. The molecule has 2 atom stereocenters. The molecule has 1 heteroatoms. The van der Waals surface area contributed by atoms with Gasteiger partial charge in [0.15, 0.2) is 0 Å². The van der Waals surface area contributed by atoms with Crippen molar-refractivity contribution in [3.8, 4) is 11.1 Å². The molecule has 0 aromatic heterocycles. The van der Waals surface area contributed by atoms with Gasteiger partial charge in [0.25, 0.3) is 0 Å². The van der Waals surface area contributed by atoms with Crippen molar-refractivity contribution in [3.05, 3.63) is 58.7 Å². The first-order chi connectivity index (χ1) is 13.7. The summed E-state index contributed by atoms with van der Waals surface area (Å²) < 4.78 is 0.0830. The fourth-order valence-electron chi connectivity index (χ4n) is 4.82. The van der Waals surface area contributed by atoms with Gasteiger partial charge in [-0.05, 0) is 57.6 Å². The highest BCUT2D eigenvalue weighted by atomic mass is 127. The molecular formula is C28H39I. The molecule has 0 amide bonds. The smallest absolute Gasteiger partial charge is 0.0680 e. The summed E-state index contributed by atoms with van der Waals surface area (Å²) in [4.78, 5) is 0. The standard InChI is InChI=1S/C28H39I/c1-7-9-10-11-12-13-20(3)28(29)25-18-21(8-2)14-16-23(25)24-17-15-22(19-26(24)28)27(4,5)6/h14-20H,7-13H2,1-6H3. The summed E-state index contributed by atoms with van der Waals surface area (Å²) in [5.74, 6) is 0.632. The minimum atomic E-state index is 0.0830. The minimum absolute atomic E-state index is 0.0830. The second-order valence-corrected chi connectivity index (χ2v) is 11.8. The predicted molar refractivity (Wildman–Crippen MR) is 137 cm³/mol. The molecular weight excluding hydrogens is 463 g/mol. The number of aryl methyl sites for hydroxylation is 1. The first-order valence-corrected chi connectivity index (χ1v) is 12.8. The average Bonchev–Trinajstić information content (AvgIpc) is 2.96. The van der Waals surface area contributed by atoms with Gasteiger partial charge in [-0.15, -0.1) is 0 Å².